The zero-order valence-electron chi connectivity index (χ0n) is 21.8. The summed E-state index contributed by atoms with van der Waals surface area (Å²) in [5.41, 5.74) is 8.64. The summed E-state index contributed by atoms with van der Waals surface area (Å²) >= 11 is 0. The van der Waals surface area contributed by atoms with Gasteiger partial charge in [0.25, 0.3) is 0 Å². The van der Waals surface area contributed by atoms with Crippen molar-refractivity contribution in [2.75, 3.05) is 5.32 Å². The van der Waals surface area contributed by atoms with Gasteiger partial charge in [-0.25, -0.2) is 0 Å². The second-order valence-electron chi connectivity index (χ2n) is 10.3. The molecule has 7 aromatic carbocycles. The van der Waals surface area contributed by atoms with Crippen LogP contribution in [0.25, 0.3) is 65.7 Å². The van der Waals surface area contributed by atoms with Gasteiger partial charge in [0.1, 0.15) is 5.58 Å². The standard InChI is InChI=1S/C38H25NO/c1-2-8-28-23-30(18-15-25(28)7-1)32-11-5-9-27-16-17-29(24-35(27)32)26-19-21-31(22-20-26)39-36-13-6-12-34-33-10-3-4-14-37(33)40-38(34)36/h1-24,39H. The van der Waals surface area contributed by atoms with E-state index in [0.717, 1.165) is 33.3 Å². The average Bonchev–Trinajstić information content (AvgIpc) is 3.40. The van der Waals surface area contributed by atoms with Crippen LogP contribution in [0, 0.1) is 0 Å². The van der Waals surface area contributed by atoms with Crippen molar-refractivity contribution in [3.63, 3.8) is 0 Å². The van der Waals surface area contributed by atoms with Gasteiger partial charge in [0.2, 0.25) is 0 Å². The Hall–Kier alpha value is -5.34. The maximum atomic E-state index is 6.20. The van der Waals surface area contributed by atoms with Crippen molar-refractivity contribution in [2.24, 2.45) is 0 Å². The van der Waals surface area contributed by atoms with Crippen molar-refractivity contribution < 1.29 is 4.42 Å². The smallest absolute Gasteiger partial charge is 0.158 e. The molecule has 0 atom stereocenters. The third kappa shape index (κ3) is 3.81. The van der Waals surface area contributed by atoms with Crippen LogP contribution in [-0.4, -0.2) is 0 Å². The number of benzene rings is 7. The van der Waals surface area contributed by atoms with Gasteiger partial charge in [0.15, 0.2) is 5.58 Å². The largest absolute Gasteiger partial charge is 0.454 e. The highest BCUT2D eigenvalue weighted by Gasteiger charge is 2.11. The summed E-state index contributed by atoms with van der Waals surface area (Å²) in [6, 6.07) is 51.6. The highest BCUT2D eigenvalue weighted by atomic mass is 16.3. The molecule has 0 saturated heterocycles. The molecule has 0 aliphatic carbocycles. The molecule has 8 rings (SSSR count). The third-order valence-electron chi connectivity index (χ3n) is 7.84. The summed E-state index contributed by atoms with van der Waals surface area (Å²) in [5.74, 6) is 0. The minimum Gasteiger partial charge on any atom is -0.454 e. The number of hydrogen-bond donors (Lipinski definition) is 1. The topological polar surface area (TPSA) is 25.2 Å². The number of rotatable bonds is 4. The first-order valence-corrected chi connectivity index (χ1v) is 13.6. The molecule has 2 nitrogen and oxygen atoms in total. The monoisotopic (exact) mass is 511 g/mol. The van der Waals surface area contributed by atoms with Crippen molar-refractivity contribution in [3.8, 4) is 22.3 Å². The van der Waals surface area contributed by atoms with Gasteiger partial charge in [-0.3, -0.25) is 0 Å². The number of para-hydroxylation sites is 2. The maximum absolute atomic E-state index is 6.20. The fourth-order valence-electron chi connectivity index (χ4n) is 5.81. The average molecular weight is 512 g/mol. The molecule has 1 aromatic heterocycles. The SMILES string of the molecule is c1ccc2cc(-c3cccc4ccc(-c5ccc(Nc6cccc7c6oc6ccccc67)cc5)cc34)ccc2c1. The van der Waals surface area contributed by atoms with Crippen LogP contribution in [0.5, 0.6) is 0 Å². The van der Waals surface area contributed by atoms with E-state index in [9.17, 15) is 0 Å². The second kappa shape index (κ2) is 9.14. The highest BCUT2D eigenvalue weighted by molar-refractivity contribution is 6.09. The van der Waals surface area contributed by atoms with E-state index in [-0.39, 0.29) is 0 Å². The fourth-order valence-corrected chi connectivity index (χ4v) is 5.81. The summed E-state index contributed by atoms with van der Waals surface area (Å²) in [5, 5.41) is 10.8. The molecule has 0 radical (unpaired) electrons. The van der Waals surface area contributed by atoms with Crippen molar-refractivity contribution in [2.45, 2.75) is 0 Å². The Balaban J connectivity index is 1.14. The van der Waals surface area contributed by atoms with Crippen LogP contribution in [0.3, 0.4) is 0 Å². The normalized spacial score (nSPS) is 11.5. The first-order valence-electron chi connectivity index (χ1n) is 13.6. The van der Waals surface area contributed by atoms with Gasteiger partial charge in [-0.15, -0.1) is 0 Å². The predicted molar refractivity (Wildman–Crippen MR) is 169 cm³/mol. The summed E-state index contributed by atoms with van der Waals surface area (Å²) in [6.45, 7) is 0. The van der Waals surface area contributed by atoms with Crippen molar-refractivity contribution in [1.29, 1.82) is 0 Å². The summed E-state index contributed by atoms with van der Waals surface area (Å²) in [7, 11) is 0. The molecular weight excluding hydrogens is 486 g/mol. The van der Waals surface area contributed by atoms with Crippen molar-refractivity contribution in [1.82, 2.24) is 0 Å². The Kier molecular flexibility index (Phi) is 5.17. The van der Waals surface area contributed by atoms with Gasteiger partial charge >= 0.3 is 0 Å². The van der Waals surface area contributed by atoms with Crippen LogP contribution >= 0.6 is 0 Å². The lowest BCUT2D eigenvalue weighted by Crippen LogP contribution is -1.90. The van der Waals surface area contributed by atoms with E-state index >= 15 is 0 Å². The Morgan fingerprint density at radius 2 is 1.12 bits per heavy atom. The van der Waals surface area contributed by atoms with Gasteiger partial charge in [-0.05, 0) is 80.2 Å². The molecule has 188 valence electrons. The summed E-state index contributed by atoms with van der Waals surface area (Å²) < 4.78 is 6.20. The quantitative estimate of drug-likeness (QED) is 0.254. The third-order valence-corrected chi connectivity index (χ3v) is 7.84. The minimum absolute atomic E-state index is 0.878. The number of hydrogen-bond acceptors (Lipinski definition) is 2. The zero-order valence-corrected chi connectivity index (χ0v) is 21.8. The van der Waals surface area contributed by atoms with E-state index in [0.29, 0.717) is 0 Å². The van der Waals surface area contributed by atoms with Crippen molar-refractivity contribution in [3.05, 3.63) is 146 Å². The predicted octanol–water partition coefficient (Wildman–Crippen LogP) is 11.0. The highest BCUT2D eigenvalue weighted by Crippen LogP contribution is 2.36. The number of furan rings is 1. The second-order valence-corrected chi connectivity index (χ2v) is 10.3. The zero-order chi connectivity index (χ0) is 26.5. The van der Waals surface area contributed by atoms with E-state index in [4.69, 9.17) is 4.42 Å². The molecule has 2 heteroatoms. The molecule has 0 aliphatic rings. The van der Waals surface area contributed by atoms with Gasteiger partial charge in [0.05, 0.1) is 5.69 Å². The van der Waals surface area contributed by atoms with Crippen LogP contribution in [-0.2, 0) is 0 Å². The molecule has 0 unspecified atom stereocenters. The Morgan fingerprint density at radius 1 is 0.425 bits per heavy atom. The molecular formula is C38H25NO. The maximum Gasteiger partial charge on any atom is 0.158 e. The lowest BCUT2D eigenvalue weighted by atomic mass is 9.93. The molecule has 8 aromatic rings. The molecule has 0 spiro atoms. The van der Waals surface area contributed by atoms with Crippen LogP contribution in [0.1, 0.15) is 0 Å². The van der Waals surface area contributed by atoms with Crippen LogP contribution in [0.15, 0.2) is 150 Å². The lowest BCUT2D eigenvalue weighted by Gasteiger charge is -2.11. The Morgan fingerprint density at radius 3 is 2.05 bits per heavy atom. The van der Waals surface area contributed by atoms with Crippen LogP contribution in [0.4, 0.5) is 11.4 Å². The first kappa shape index (κ1) is 22.6. The van der Waals surface area contributed by atoms with E-state index in [1.54, 1.807) is 0 Å². The Labute approximate surface area is 232 Å². The molecule has 0 bridgehead atoms. The van der Waals surface area contributed by atoms with E-state index in [2.05, 4.69) is 133 Å². The van der Waals surface area contributed by atoms with Crippen LogP contribution in [0.2, 0.25) is 0 Å². The molecule has 0 aliphatic heterocycles. The fraction of sp³-hybridized carbons (Fsp3) is 0. The number of fused-ring (bicyclic) bond motifs is 5. The van der Waals surface area contributed by atoms with E-state index < -0.39 is 0 Å². The summed E-state index contributed by atoms with van der Waals surface area (Å²) in [4.78, 5) is 0. The molecule has 0 saturated carbocycles. The Bertz CT molecular complexity index is 2190. The van der Waals surface area contributed by atoms with Crippen LogP contribution < -0.4 is 5.32 Å². The molecule has 40 heavy (non-hydrogen) atoms. The molecule has 0 amide bonds. The van der Waals surface area contributed by atoms with Gasteiger partial charge in [-0.2, -0.15) is 0 Å². The van der Waals surface area contributed by atoms with E-state index in [1.165, 1.54) is 43.8 Å². The minimum atomic E-state index is 0.878. The van der Waals surface area contributed by atoms with Crippen molar-refractivity contribution >= 4 is 54.9 Å². The number of nitrogens with one attached hydrogen (secondary N) is 1. The van der Waals surface area contributed by atoms with Gasteiger partial charge < -0.3 is 9.73 Å². The molecule has 1 heterocycles. The number of anilines is 2. The lowest BCUT2D eigenvalue weighted by molar-refractivity contribution is 0.670. The van der Waals surface area contributed by atoms with E-state index in [1.807, 2.05) is 18.2 Å². The molecule has 0 fully saturated rings. The first-order chi connectivity index (χ1) is 19.8. The molecule has 1 N–H and O–H groups in total. The summed E-state index contributed by atoms with van der Waals surface area (Å²) in [6.07, 6.45) is 0. The van der Waals surface area contributed by atoms with Gasteiger partial charge in [0, 0.05) is 16.5 Å². The van der Waals surface area contributed by atoms with Gasteiger partial charge in [-0.1, -0.05) is 109 Å².